The van der Waals surface area contributed by atoms with Crippen LogP contribution >= 0.6 is 0 Å². The molecule has 30 heavy (non-hydrogen) atoms. The molecule has 1 aliphatic carbocycles. The van der Waals surface area contributed by atoms with E-state index in [2.05, 4.69) is 72.7 Å². The zero-order chi connectivity index (χ0) is 20.8. The Morgan fingerprint density at radius 3 is 2.43 bits per heavy atom. The molecule has 2 nitrogen and oxygen atoms in total. The molecule has 0 amide bonds. The standard InChI is InChI=1S/C28H35NO/c1-3-4-5-6-7-13-19-28(25-21-29-26-17-12-11-16-24(25)26)20-18-23(27(28)30-2)22-14-9-8-10-15-22/h8-12,14-17,21,29H,3-7,13,18-20H2,1-2H3. The number of unbranched alkanes of at least 4 members (excludes halogenated alkanes) is 5. The summed E-state index contributed by atoms with van der Waals surface area (Å²) in [7, 11) is 1.87. The molecular formula is C28H35NO. The van der Waals surface area contributed by atoms with Gasteiger partial charge >= 0.3 is 0 Å². The van der Waals surface area contributed by atoms with Gasteiger partial charge in [-0.25, -0.2) is 0 Å². The monoisotopic (exact) mass is 401 g/mol. The highest BCUT2D eigenvalue weighted by molar-refractivity contribution is 5.86. The van der Waals surface area contributed by atoms with E-state index in [1.165, 1.54) is 71.9 Å². The maximum absolute atomic E-state index is 6.23. The van der Waals surface area contributed by atoms with E-state index < -0.39 is 0 Å². The van der Waals surface area contributed by atoms with Crippen molar-refractivity contribution in [3.63, 3.8) is 0 Å². The van der Waals surface area contributed by atoms with Crippen LogP contribution in [0.25, 0.3) is 16.5 Å². The number of benzene rings is 2. The summed E-state index contributed by atoms with van der Waals surface area (Å²) in [5.74, 6) is 1.19. The van der Waals surface area contributed by atoms with E-state index in [9.17, 15) is 0 Å². The van der Waals surface area contributed by atoms with E-state index in [1.807, 2.05) is 7.11 Å². The predicted octanol–water partition coefficient (Wildman–Crippen LogP) is 8.01. The molecule has 2 heteroatoms. The number of hydrogen-bond donors (Lipinski definition) is 1. The largest absolute Gasteiger partial charge is 0.500 e. The van der Waals surface area contributed by atoms with Crippen LogP contribution in [0.3, 0.4) is 0 Å². The van der Waals surface area contributed by atoms with Crippen LogP contribution in [-0.4, -0.2) is 12.1 Å². The van der Waals surface area contributed by atoms with E-state index in [0.717, 1.165) is 19.3 Å². The maximum atomic E-state index is 6.23. The molecule has 1 atom stereocenters. The Morgan fingerprint density at radius 2 is 1.63 bits per heavy atom. The molecule has 0 saturated carbocycles. The van der Waals surface area contributed by atoms with Crippen LogP contribution in [0.5, 0.6) is 0 Å². The van der Waals surface area contributed by atoms with E-state index in [1.54, 1.807) is 0 Å². The number of para-hydroxylation sites is 1. The summed E-state index contributed by atoms with van der Waals surface area (Å²) in [6.07, 6.45) is 13.5. The Morgan fingerprint density at radius 1 is 0.900 bits per heavy atom. The highest BCUT2D eigenvalue weighted by Crippen LogP contribution is 2.53. The SMILES string of the molecule is CCCCCCCCC1(c2c[nH]c3ccccc23)CCC(c2ccccc2)=C1OC. The van der Waals surface area contributed by atoms with Gasteiger partial charge in [0.25, 0.3) is 0 Å². The minimum atomic E-state index is -0.0374. The van der Waals surface area contributed by atoms with Crippen molar-refractivity contribution < 1.29 is 4.74 Å². The fourth-order valence-electron chi connectivity index (χ4n) is 5.39. The molecule has 0 radical (unpaired) electrons. The maximum Gasteiger partial charge on any atom is 0.110 e. The third-order valence-corrected chi connectivity index (χ3v) is 6.90. The smallest absolute Gasteiger partial charge is 0.110 e. The minimum absolute atomic E-state index is 0.0374. The van der Waals surface area contributed by atoms with Gasteiger partial charge in [-0.05, 0) is 42.0 Å². The number of ether oxygens (including phenoxy) is 1. The van der Waals surface area contributed by atoms with Crippen LogP contribution in [0.1, 0.15) is 75.8 Å². The van der Waals surface area contributed by atoms with E-state index in [4.69, 9.17) is 4.74 Å². The van der Waals surface area contributed by atoms with Gasteiger partial charge in [-0.1, -0.05) is 94.0 Å². The van der Waals surface area contributed by atoms with Gasteiger partial charge < -0.3 is 9.72 Å². The van der Waals surface area contributed by atoms with E-state index >= 15 is 0 Å². The number of aromatic nitrogens is 1. The van der Waals surface area contributed by atoms with E-state index in [-0.39, 0.29) is 5.41 Å². The number of fused-ring (bicyclic) bond motifs is 1. The highest BCUT2D eigenvalue weighted by Gasteiger charge is 2.44. The van der Waals surface area contributed by atoms with Gasteiger partial charge in [-0.2, -0.15) is 0 Å². The number of H-pyrrole nitrogens is 1. The first-order valence-electron chi connectivity index (χ1n) is 11.7. The van der Waals surface area contributed by atoms with Gasteiger partial charge in [-0.15, -0.1) is 0 Å². The van der Waals surface area contributed by atoms with Crippen molar-refractivity contribution >= 4 is 16.5 Å². The zero-order valence-corrected chi connectivity index (χ0v) is 18.5. The van der Waals surface area contributed by atoms with Crippen LogP contribution in [-0.2, 0) is 10.2 Å². The summed E-state index contributed by atoms with van der Waals surface area (Å²) in [6, 6.07) is 19.5. The summed E-state index contributed by atoms with van der Waals surface area (Å²) in [6.45, 7) is 2.28. The highest BCUT2D eigenvalue weighted by atomic mass is 16.5. The molecule has 1 heterocycles. The van der Waals surface area contributed by atoms with Crippen LogP contribution in [0.4, 0.5) is 0 Å². The molecule has 0 spiro atoms. The predicted molar refractivity (Wildman–Crippen MR) is 128 cm³/mol. The topological polar surface area (TPSA) is 25.0 Å². The number of methoxy groups -OCH3 is 1. The molecule has 4 rings (SSSR count). The van der Waals surface area contributed by atoms with Gasteiger partial charge in [0.1, 0.15) is 5.76 Å². The fraction of sp³-hybridized carbons (Fsp3) is 0.429. The lowest BCUT2D eigenvalue weighted by Gasteiger charge is -2.32. The van der Waals surface area contributed by atoms with E-state index in [0.29, 0.717) is 0 Å². The Bertz CT molecular complexity index is 984. The van der Waals surface area contributed by atoms with Gasteiger partial charge in [0.2, 0.25) is 0 Å². The molecule has 0 bridgehead atoms. The molecule has 1 aliphatic rings. The van der Waals surface area contributed by atoms with Gasteiger partial charge in [0.15, 0.2) is 0 Å². The average Bonchev–Trinajstić information content (AvgIpc) is 3.39. The van der Waals surface area contributed by atoms with Gasteiger partial charge in [0, 0.05) is 17.1 Å². The third kappa shape index (κ3) is 3.93. The Labute approximate surface area is 181 Å². The molecule has 3 aromatic rings. The van der Waals surface area contributed by atoms with Crippen LogP contribution in [0, 0.1) is 0 Å². The molecule has 0 aliphatic heterocycles. The Balaban J connectivity index is 1.72. The number of rotatable bonds is 10. The van der Waals surface area contributed by atoms with Gasteiger partial charge in [0.05, 0.1) is 12.5 Å². The average molecular weight is 402 g/mol. The van der Waals surface area contributed by atoms with Crippen molar-refractivity contribution in [2.24, 2.45) is 0 Å². The van der Waals surface area contributed by atoms with Crippen molar-refractivity contribution in [3.05, 3.63) is 77.7 Å². The van der Waals surface area contributed by atoms with Crippen molar-refractivity contribution in [1.82, 2.24) is 4.98 Å². The van der Waals surface area contributed by atoms with Gasteiger partial charge in [-0.3, -0.25) is 0 Å². The van der Waals surface area contributed by atoms with Crippen LogP contribution in [0.15, 0.2) is 66.6 Å². The first-order valence-corrected chi connectivity index (χ1v) is 11.7. The van der Waals surface area contributed by atoms with Crippen LogP contribution in [0.2, 0.25) is 0 Å². The molecule has 0 fully saturated rings. The first kappa shape index (κ1) is 20.8. The lowest BCUT2D eigenvalue weighted by molar-refractivity contribution is 0.216. The number of nitrogens with one attached hydrogen (secondary N) is 1. The second-order valence-corrected chi connectivity index (χ2v) is 8.73. The normalized spacial score (nSPS) is 19.0. The molecule has 0 saturated heterocycles. The molecule has 158 valence electrons. The van der Waals surface area contributed by atoms with Crippen molar-refractivity contribution in [3.8, 4) is 0 Å². The zero-order valence-electron chi connectivity index (χ0n) is 18.5. The summed E-state index contributed by atoms with van der Waals surface area (Å²) in [5, 5.41) is 1.34. The quantitative estimate of drug-likeness (QED) is 0.342. The van der Waals surface area contributed by atoms with Crippen LogP contribution < -0.4 is 0 Å². The summed E-state index contributed by atoms with van der Waals surface area (Å²) in [4.78, 5) is 3.53. The summed E-state index contributed by atoms with van der Waals surface area (Å²) in [5.41, 5.74) is 5.28. The van der Waals surface area contributed by atoms with Crippen molar-refractivity contribution in [1.29, 1.82) is 0 Å². The van der Waals surface area contributed by atoms with Crippen molar-refractivity contribution in [2.45, 2.75) is 70.1 Å². The molecule has 1 N–H and O–H groups in total. The molecule has 1 unspecified atom stereocenters. The molecule has 2 aromatic carbocycles. The second kappa shape index (κ2) is 9.55. The Hall–Kier alpha value is -2.48. The number of allylic oxidation sites excluding steroid dienone is 2. The number of aromatic amines is 1. The van der Waals surface area contributed by atoms with Crippen molar-refractivity contribution in [2.75, 3.05) is 7.11 Å². The second-order valence-electron chi connectivity index (χ2n) is 8.73. The first-order chi connectivity index (χ1) is 14.8. The fourth-order valence-corrected chi connectivity index (χ4v) is 5.39. The summed E-state index contributed by atoms with van der Waals surface area (Å²) >= 11 is 0. The molecular weight excluding hydrogens is 366 g/mol. The lowest BCUT2D eigenvalue weighted by Crippen LogP contribution is -2.27. The summed E-state index contributed by atoms with van der Waals surface area (Å²) < 4.78 is 6.23. The third-order valence-electron chi connectivity index (χ3n) is 6.90. The number of hydrogen-bond acceptors (Lipinski definition) is 1. The molecule has 1 aromatic heterocycles. The Kier molecular flexibility index (Phi) is 6.62. The minimum Gasteiger partial charge on any atom is -0.500 e. The lowest BCUT2D eigenvalue weighted by atomic mass is 9.74.